The highest BCUT2D eigenvalue weighted by Crippen LogP contribution is 2.40. The molecule has 6 heteroatoms. The van der Waals surface area contributed by atoms with Crippen molar-refractivity contribution in [3.05, 3.63) is 73.5 Å². The van der Waals surface area contributed by atoms with Gasteiger partial charge in [0.2, 0.25) is 0 Å². The van der Waals surface area contributed by atoms with Crippen LogP contribution in [0, 0.1) is 5.82 Å². The number of carbonyl (C=O) groups excluding carboxylic acids is 1. The molecule has 0 bridgehead atoms. The average Bonchev–Trinajstić information content (AvgIpc) is 2.48. The lowest BCUT2D eigenvalue weighted by Gasteiger charge is -2.29. The Kier molecular flexibility index (Phi) is 3.93. The highest BCUT2D eigenvalue weighted by molar-refractivity contribution is 9.10. The van der Waals surface area contributed by atoms with Crippen LogP contribution in [0.15, 0.2) is 51.0 Å². The fourth-order valence-corrected chi connectivity index (χ4v) is 3.41. The van der Waals surface area contributed by atoms with Crippen LogP contribution in [-0.2, 0) is 4.79 Å². The molecule has 0 saturated heterocycles. The number of H-pyrrole nitrogens is 1. The highest BCUT2D eigenvalue weighted by Gasteiger charge is 2.32. The Bertz CT molecular complexity index is 902. The quantitative estimate of drug-likeness (QED) is 0.839. The Morgan fingerprint density at radius 2 is 2.04 bits per heavy atom. The number of allylic oxidation sites excluding steroid dienone is 2. The molecule has 3 rings (SSSR count). The van der Waals surface area contributed by atoms with Gasteiger partial charge in [-0.05, 0) is 53.5 Å². The summed E-state index contributed by atoms with van der Waals surface area (Å²) in [6, 6.07) is 6.29. The van der Waals surface area contributed by atoms with Gasteiger partial charge < -0.3 is 10.3 Å². The molecule has 0 aliphatic carbocycles. The minimum Gasteiger partial charge on any atom is -0.358 e. The Labute approximate surface area is 140 Å². The van der Waals surface area contributed by atoms with Crippen molar-refractivity contribution in [2.45, 2.75) is 19.8 Å². The number of ketones is 1. The first-order valence-electron chi connectivity index (χ1n) is 7.05. The summed E-state index contributed by atoms with van der Waals surface area (Å²) < 4.78 is 13.9. The van der Waals surface area contributed by atoms with Crippen molar-refractivity contribution >= 4 is 27.4 Å². The van der Waals surface area contributed by atoms with Crippen molar-refractivity contribution in [3.63, 3.8) is 0 Å². The molecule has 4 nitrogen and oxygen atoms in total. The van der Waals surface area contributed by atoms with Gasteiger partial charge in [0.25, 0.3) is 5.56 Å². The molecule has 1 atom stereocenters. The summed E-state index contributed by atoms with van der Waals surface area (Å²) in [6.45, 7) is 3.26. The molecule has 0 radical (unpaired) electrons. The lowest BCUT2D eigenvalue weighted by Crippen LogP contribution is -2.28. The molecule has 0 amide bonds. The van der Waals surface area contributed by atoms with Crippen LogP contribution in [0.1, 0.15) is 30.9 Å². The van der Waals surface area contributed by atoms with E-state index in [-0.39, 0.29) is 11.3 Å². The van der Waals surface area contributed by atoms with E-state index >= 15 is 0 Å². The molecule has 1 aliphatic heterocycles. The maximum absolute atomic E-state index is 13.6. The molecule has 1 aliphatic rings. The first kappa shape index (κ1) is 15.7. The van der Waals surface area contributed by atoms with E-state index in [0.717, 1.165) is 0 Å². The van der Waals surface area contributed by atoms with Crippen molar-refractivity contribution in [2.24, 2.45) is 0 Å². The summed E-state index contributed by atoms with van der Waals surface area (Å²) in [6.07, 6.45) is 1.55. The van der Waals surface area contributed by atoms with Crippen LogP contribution < -0.4 is 10.9 Å². The third kappa shape index (κ3) is 2.63. The second kappa shape index (κ2) is 5.77. The fourth-order valence-electron chi connectivity index (χ4n) is 3.01. The molecule has 1 aromatic carbocycles. The fraction of sp³-hybridized carbons (Fsp3) is 0.176. The third-order valence-electron chi connectivity index (χ3n) is 3.96. The van der Waals surface area contributed by atoms with E-state index in [0.29, 0.717) is 32.6 Å². The molecule has 0 saturated carbocycles. The van der Waals surface area contributed by atoms with Crippen LogP contribution in [0.3, 0.4) is 0 Å². The number of nitrogens with one attached hydrogen (secondary N) is 2. The van der Waals surface area contributed by atoms with Crippen LogP contribution in [0.5, 0.6) is 0 Å². The number of halogens is 2. The van der Waals surface area contributed by atoms with E-state index in [4.69, 9.17) is 0 Å². The van der Waals surface area contributed by atoms with Crippen molar-refractivity contribution < 1.29 is 9.18 Å². The number of aromatic nitrogens is 1. The number of hydrogen-bond acceptors (Lipinski definition) is 3. The molecule has 1 unspecified atom stereocenters. The maximum Gasteiger partial charge on any atom is 0.254 e. The van der Waals surface area contributed by atoms with Crippen molar-refractivity contribution in [1.82, 2.24) is 4.98 Å². The normalized spacial score (nSPS) is 16.8. The Morgan fingerprint density at radius 1 is 1.30 bits per heavy atom. The number of hydrogen-bond donors (Lipinski definition) is 2. The van der Waals surface area contributed by atoms with Crippen LogP contribution >= 0.6 is 15.9 Å². The number of pyridine rings is 1. The first-order chi connectivity index (χ1) is 10.9. The van der Waals surface area contributed by atoms with Crippen LogP contribution in [0.4, 0.5) is 10.1 Å². The molecular weight excluding hydrogens is 363 g/mol. The average molecular weight is 377 g/mol. The second-order valence-electron chi connectivity index (χ2n) is 5.46. The molecule has 2 heterocycles. The van der Waals surface area contributed by atoms with Gasteiger partial charge >= 0.3 is 0 Å². The Morgan fingerprint density at radius 3 is 2.70 bits per heavy atom. The van der Waals surface area contributed by atoms with E-state index in [2.05, 4.69) is 26.2 Å². The molecular formula is C17H14BrFN2O2. The lowest BCUT2D eigenvalue weighted by atomic mass is 9.80. The molecule has 0 fully saturated rings. The summed E-state index contributed by atoms with van der Waals surface area (Å²) in [4.78, 5) is 27.2. The zero-order valence-corrected chi connectivity index (χ0v) is 14.1. The zero-order valence-electron chi connectivity index (χ0n) is 12.5. The van der Waals surface area contributed by atoms with Crippen molar-refractivity contribution in [3.8, 4) is 0 Å². The minimum absolute atomic E-state index is 0.130. The molecule has 0 spiro atoms. The van der Waals surface area contributed by atoms with Gasteiger partial charge in [0.05, 0.1) is 10.0 Å². The number of Topliss-reactive ketones (excluding diaryl/α,β-unsaturated/α-hetero) is 1. The molecule has 23 heavy (non-hydrogen) atoms. The third-order valence-corrected chi connectivity index (χ3v) is 4.57. The lowest BCUT2D eigenvalue weighted by molar-refractivity contribution is -0.113. The van der Waals surface area contributed by atoms with E-state index in [1.165, 1.54) is 13.0 Å². The van der Waals surface area contributed by atoms with Gasteiger partial charge in [-0.1, -0.05) is 6.07 Å². The molecule has 118 valence electrons. The van der Waals surface area contributed by atoms with E-state index in [1.807, 2.05) is 0 Å². The van der Waals surface area contributed by atoms with Gasteiger partial charge in [0.1, 0.15) is 5.82 Å². The highest BCUT2D eigenvalue weighted by atomic mass is 79.9. The van der Waals surface area contributed by atoms with Gasteiger partial charge in [0.15, 0.2) is 5.78 Å². The van der Waals surface area contributed by atoms with Crippen LogP contribution in [-0.4, -0.2) is 10.8 Å². The summed E-state index contributed by atoms with van der Waals surface area (Å²) in [5.74, 6) is -1.06. The predicted octanol–water partition coefficient (Wildman–Crippen LogP) is 3.70. The zero-order chi connectivity index (χ0) is 16.7. The monoisotopic (exact) mass is 376 g/mol. The molecule has 2 N–H and O–H groups in total. The number of aromatic amines is 1. The van der Waals surface area contributed by atoms with Gasteiger partial charge in [-0.25, -0.2) is 4.39 Å². The standard InChI is InChI=1S/C17H14BrFN2O2/c1-8-14(9(2)22)15(10-3-4-12(19)11(18)7-10)16-13(21-8)5-6-20-17(16)23/h3-7,15,21H,1-2H3,(H,20,23). The second-order valence-corrected chi connectivity index (χ2v) is 6.31. The van der Waals surface area contributed by atoms with E-state index in [1.54, 1.807) is 31.3 Å². The largest absolute Gasteiger partial charge is 0.358 e. The SMILES string of the molecule is CC(=O)C1=C(C)Nc2cc[nH]c(=O)c2C1c1ccc(F)c(Br)c1. The molecule has 2 aromatic rings. The summed E-state index contributed by atoms with van der Waals surface area (Å²) in [5, 5.41) is 3.11. The number of fused-ring (bicyclic) bond motifs is 1. The topological polar surface area (TPSA) is 62.0 Å². The van der Waals surface area contributed by atoms with Crippen molar-refractivity contribution in [2.75, 3.05) is 5.32 Å². The van der Waals surface area contributed by atoms with Gasteiger partial charge in [-0.15, -0.1) is 0 Å². The van der Waals surface area contributed by atoms with E-state index in [9.17, 15) is 14.0 Å². The smallest absolute Gasteiger partial charge is 0.254 e. The number of anilines is 1. The first-order valence-corrected chi connectivity index (χ1v) is 7.84. The number of benzene rings is 1. The van der Waals surface area contributed by atoms with Crippen molar-refractivity contribution in [1.29, 1.82) is 0 Å². The Balaban J connectivity index is 2.32. The van der Waals surface area contributed by atoms with Gasteiger partial charge in [0, 0.05) is 29.1 Å². The predicted molar refractivity (Wildman–Crippen MR) is 90.0 cm³/mol. The van der Waals surface area contributed by atoms with Gasteiger partial charge in [-0.3, -0.25) is 9.59 Å². The van der Waals surface area contributed by atoms with E-state index < -0.39 is 11.7 Å². The summed E-state index contributed by atoms with van der Waals surface area (Å²) in [5.41, 5.74) is 2.73. The molecule has 1 aromatic heterocycles. The summed E-state index contributed by atoms with van der Waals surface area (Å²) >= 11 is 3.17. The minimum atomic E-state index is -0.536. The Hall–Kier alpha value is -2.21. The number of rotatable bonds is 2. The summed E-state index contributed by atoms with van der Waals surface area (Å²) in [7, 11) is 0. The van der Waals surface area contributed by atoms with Crippen LogP contribution in [0.2, 0.25) is 0 Å². The number of carbonyl (C=O) groups is 1. The maximum atomic E-state index is 13.6. The van der Waals surface area contributed by atoms with Gasteiger partial charge in [-0.2, -0.15) is 0 Å². The van der Waals surface area contributed by atoms with Crippen LogP contribution in [0.25, 0.3) is 0 Å².